The van der Waals surface area contributed by atoms with Gasteiger partial charge in [-0.05, 0) is 78.4 Å². The van der Waals surface area contributed by atoms with E-state index < -0.39 is 32.0 Å². The Morgan fingerprint density at radius 2 is 1.73 bits per heavy atom. The lowest BCUT2D eigenvalue weighted by Crippen LogP contribution is -2.41. The third kappa shape index (κ3) is 7.01. The van der Waals surface area contributed by atoms with E-state index in [1.807, 2.05) is 31.9 Å². The van der Waals surface area contributed by atoms with Gasteiger partial charge in [0.05, 0.1) is 29.1 Å². The van der Waals surface area contributed by atoms with Gasteiger partial charge in [-0.3, -0.25) is 4.90 Å². The lowest BCUT2D eigenvalue weighted by atomic mass is 9.79. The number of carbonyl (C=O) groups is 1. The van der Waals surface area contributed by atoms with Gasteiger partial charge in [0.25, 0.3) is 0 Å². The second kappa shape index (κ2) is 11.3. The van der Waals surface area contributed by atoms with Crippen LogP contribution in [0.2, 0.25) is 25.7 Å². The van der Waals surface area contributed by atoms with Crippen LogP contribution in [0.4, 0.5) is 4.79 Å². The number of aromatic nitrogens is 2. The smallest absolute Gasteiger partial charge is 0.444 e. The second-order valence-corrected chi connectivity index (χ2v) is 19.9. The number of imidazole rings is 1. The van der Waals surface area contributed by atoms with E-state index >= 15 is 0 Å². The van der Waals surface area contributed by atoms with Crippen molar-refractivity contribution in [2.24, 2.45) is 0 Å². The Hall–Kier alpha value is -2.14. The molecule has 10 heteroatoms. The molecule has 220 valence electrons. The van der Waals surface area contributed by atoms with Gasteiger partial charge in [-0.1, -0.05) is 43.9 Å². The van der Waals surface area contributed by atoms with Crippen molar-refractivity contribution in [1.29, 1.82) is 0 Å². The molecule has 4 rings (SSSR count). The van der Waals surface area contributed by atoms with Crippen molar-refractivity contribution in [3.63, 3.8) is 0 Å². The average molecular weight is 570 g/mol. The fourth-order valence-electron chi connectivity index (χ4n) is 4.92. The molecular formula is C30H48BN3O5Si. The summed E-state index contributed by atoms with van der Waals surface area (Å²) in [5.74, 6) is 0.835. The topological polar surface area (TPSA) is 75.0 Å². The minimum Gasteiger partial charge on any atom is -0.444 e. The quantitative estimate of drug-likeness (QED) is 0.277. The number of carbonyl (C=O) groups excluding carboxylic acids is 1. The standard InChI is InChI=1S/C30H48BN3O5Si/c1-28(2,3)37-27(35)33-17-11-12-24(33)26-32-20-25(34(26)21-36-18-19-40(8,9)10)22-13-15-23(16-14-22)31-38-29(4,5)30(6,7)39-31/h13-16,20,24H,11-12,17-19,21H2,1-10H3/t24-/m0/s1. The number of likely N-dealkylation sites (tertiary alicyclic amines) is 1. The molecule has 2 aliphatic heterocycles. The minimum absolute atomic E-state index is 0.159. The van der Waals surface area contributed by atoms with Crippen molar-refractivity contribution in [1.82, 2.24) is 14.5 Å². The van der Waals surface area contributed by atoms with Gasteiger partial charge >= 0.3 is 13.2 Å². The first-order valence-electron chi connectivity index (χ1n) is 14.6. The van der Waals surface area contributed by atoms with Crippen LogP contribution in [0.1, 0.15) is 73.2 Å². The SMILES string of the molecule is CC(C)(C)OC(=O)N1CCC[C@H]1c1ncc(-c2ccc(B3OC(C)(C)C(C)(C)O3)cc2)n1COCC[Si](C)(C)C. The lowest BCUT2D eigenvalue weighted by Gasteiger charge is -2.32. The van der Waals surface area contributed by atoms with E-state index in [4.69, 9.17) is 23.8 Å². The Morgan fingerprint density at radius 3 is 2.30 bits per heavy atom. The number of benzene rings is 1. The number of nitrogens with zero attached hydrogens (tertiary/aromatic N) is 3. The van der Waals surface area contributed by atoms with Gasteiger partial charge in [0, 0.05) is 21.2 Å². The Bertz CT molecular complexity index is 1170. The Kier molecular flexibility index (Phi) is 8.68. The fraction of sp³-hybridized carbons (Fsp3) is 0.667. The minimum atomic E-state index is -1.23. The molecule has 1 atom stereocenters. The third-order valence-electron chi connectivity index (χ3n) is 8.01. The molecular weight excluding hydrogens is 521 g/mol. The molecule has 0 saturated carbocycles. The summed E-state index contributed by atoms with van der Waals surface area (Å²) >= 11 is 0. The zero-order valence-corrected chi connectivity index (χ0v) is 27.2. The first-order valence-corrected chi connectivity index (χ1v) is 18.3. The van der Waals surface area contributed by atoms with E-state index in [1.54, 1.807) is 0 Å². The summed E-state index contributed by atoms with van der Waals surface area (Å²) in [6.07, 6.45) is 3.35. The molecule has 2 aliphatic rings. The van der Waals surface area contributed by atoms with Crippen LogP contribution >= 0.6 is 0 Å². The van der Waals surface area contributed by atoms with Crippen molar-refractivity contribution in [2.75, 3.05) is 13.2 Å². The van der Waals surface area contributed by atoms with Crippen LogP contribution in [0.3, 0.4) is 0 Å². The molecule has 1 amide bonds. The Morgan fingerprint density at radius 1 is 1.10 bits per heavy atom. The maximum Gasteiger partial charge on any atom is 0.494 e. The van der Waals surface area contributed by atoms with Crippen molar-refractivity contribution >= 4 is 26.7 Å². The van der Waals surface area contributed by atoms with Crippen molar-refractivity contribution in [3.8, 4) is 11.3 Å². The van der Waals surface area contributed by atoms with Gasteiger partial charge in [0.1, 0.15) is 18.2 Å². The largest absolute Gasteiger partial charge is 0.494 e. The first kappa shape index (κ1) is 30.8. The molecule has 2 aromatic rings. The van der Waals surface area contributed by atoms with E-state index in [2.05, 4.69) is 76.2 Å². The normalized spacial score (nSPS) is 20.8. The van der Waals surface area contributed by atoms with Gasteiger partial charge < -0.3 is 23.3 Å². The van der Waals surface area contributed by atoms with E-state index in [-0.39, 0.29) is 12.1 Å². The maximum atomic E-state index is 13.1. The zero-order valence-electron chi connectivity index (χ0n) is 26.2. The fourth-order valence-corrected chi connectivity index (χ4v) is 5.68. The monoisotopic (exact) mass is 569 g/mol. The number of amides is 1. The van der Waals surface area contributed by atoms with E-state index in [0.717, 1.165) is 41.4 Å². The van der Waals surface area contributed by atoms with Gasteiger partial charge in [0.15, 0.2) is 0 Å². The van der Waals surface area contributed by atoms with Crippen LogP contribution in [0, 0.1) is 0 Å². The highest BCUT2D eigenvalue weighted by molar-refractivity contribution is 6.76. The number of hydrogen-bond donors (Lipinski definition) is 0. The van der Waals surface area contributed by atoms with Crippen molar-refractivity contribution in [3.05, 3.63) is 36.3 Å². The van der Waals surface area contributed by atoms with E-state index in [1.165, 1.54) is 0 Å². The van der Waals surface area contributed by atoms with Gasteiger partial charge in [-0.25, -0.2) is 9.78 Å². The van der Waals surface area contributed by atoms with Crippen LogP contribution in [0.25, 0.3) is 11.3 Å². The summed E-state index contributed by atoms with van der Waals surface area (Å²) < 4.78 is 26.6. The summed E-state index contributed by atoms with van der Waals surface area (Å²) in [5, 5.41) is 0. The highest BCUT2D eigenvalue weighted by Crippen LogP contribution is 2.37. The van der Waals surface area contributed by atoms with Crippen LogP contribution in [0.15, 0.2) is 30.5 Å². The predicted octanol–water partition coefficient (Wildman–Crippen LogP) is 6.23. The molecule has 0 bridgehead atoms. The zero-order chi connectivity index (χ0) is 29.5. The van der Waals surface area contributed by atoms with Gasteiger partial charge in [-0.2, -0.15) is 0 Å². The molecule has 2 fully saturated rings. The van der Waals surface area contributed by atoms with Gasteiger partial charge in [-0.15, -0.1) is 0 Å². The summed E-state index contributed by atoms with van der Waals surface area (Å²) in [4.78, 5) is 19.8. The van der Waals surface area contributed by atoms with Crippen LogP contribution in [-0.2, 0) is 25.5 Å². The Labute approximate surface area is 241 Å². The summed E-state index contributed by atoms with van der Waals surface area (Å²) in [6, 6.07) is 9.21. The molecule has 1 aromatic carbocycles. The molecule has 1 aromatic heterocycles. The molecule has 0 N–H and O–H groups in total. The molecule has 8 nitrogen and oxygen atoms in total. The highest BCUT2D eigenvalue weighted by atomic mass is 28.3. The first-order chi connectivity index (χ1) is 18.5. The van der Waals surface area contributed by atoms with Crippen LogP contribution < -0.4 is 5.46 Å². The lowest BCUT2D eigenvalue weighted by molar-refractivity contribution is 0.00578. The predicted molar refractivity (Wildman–Crippen MR) is 162 cm³/mol. The molecule has 0 unspecified atom stereocenters. The Balaban J connectivity index is 1.61. The summed E-state index contributed by atoms with van der Waals surface area (Å²) in [7, 11) is -1.64. The van der Waals surface area contributed by atoms with Crippen molar-refractivity contribution in [2.45, 2.75) is 117 Å². The molecule has 0 spiro atoms. The van der Waals surface area contributed by atoms with Crippen LogP contribution in [-0.4, -0.2) is 65.7 Å². The highest BCUT2D eigenvalue weighted by Gasteiger charge is 2.51. The maximum absolute atomic E-state index is 13.1. The van der Waals surface area contributed by atoms with Crippen LogP contribution in [0.5, 0.6) is 0 Å². The average Bonchev–Trinajstić information content (AvgIpc) is 3.51. The molecule has 3 heterocycles. The number of hydrogen-bond acceptors (Lipinski definition) is 6. The molecule has 40 heavy (non-hydrogen) atoms. The third-order valence-corrected chi connectivity index (χ3v) is 9.72. The molecule has 0 radical (unpaired) electrons. The number of ether oxygens (including phenoxy) is 2. The molecule has 2 saturated heterocycles. The van der Waals surface area contributed by atoms with E-state index in [0.29, 0.717) is 19.9 Å². The van der Waals surface area contributed by atoms with Gasteiger partial charge in [0.2, 0.25) is 0 Å². The van der Waals surface area contributed by atoms with E-state index in [9.17, 15) is 4.79 Å². The summed E-state index contributed by atoms with van der Waals surface area (Å²) in [5.41, 5.74) is 1.63. The molecule has 0 aliphatic carbocycles. The number of rotatable bonds is 8. The van der Waals surface area contributed by atoms with Crippen molar-refractivity contribution < 1.29 is 23.6 Å². The second-order valence-electron chi connectivity index (χ2n) is 14.3. The summed E-state index contributed by atoms with van der Waals surface area (Å²) in [6.45, 7) is 22.7.